The van der Waals surface area contributed by atoms with Gasteiger partial charge in [-0.05, 0) is 38.1 Å². The summed E-state index contributed by atoms with van der Waals surface area (Å²) >= 11 is 6.21. The van der Waals surface area contributed by atoms with Gasteiger partial charge in [0.25, 0.3) is 0 Å². The lowest BCUT2D eigenvalue weighted by molar-refractivity contribution is 0.589. The van der Waals surface area contributed by atoms with Crippen molar-refractivity contribution in [3.63, 3.8) is 0 Å². The molecule has 0 radical (unpaired) electrons. The minimum Gasteiger partial charge on any atom is -0.388 e. The average Bonchev–Trinajstić information content (AvgIpc) is 2.57. The number of halogens is 1. The van der Waals surface area contributed by atoms with E-state index in [0.717, 1.165) is 28.1 Å². The van der Waals surface area contributed by atoms with Gasteiger partial charge < -0.3 is 16.4 Å². The molecule has 2 aromatic carbocycles. The molecule has 0 bridgehead atoms. The van der Waals surface area contributed by atoms with E-state index in [9.17, 15) is 0 Å². The molecule has 1 heterocycles. The fourth-order valence-electron chi connectivity index (χ4n) is 3.21. The molecule has 6 nitrogen and oxygen atoms in total. The van der Waals surface area contributed by atoms with Crippen LogP contribution in [0.15, 0.2) is 36.4 Å². The van der Waals surface area contributed by atoms with Crippen molar-refractivity contribution in [2.45, 2.75) is 25.8 Å². The molecule has 1 unspecified atom stereocenters. The van der Waals surface area contributed by atoms with Gasteiger partial charge in [-0.3, -0.25) is 5.41 Å². The van der Waals surface area contributed by atoms with Crippen molar-refractivity contribution < 1.29 is 0 Å². The van der Waals surface area contributed by atoms with Crippen molar-refractivity contribution in [1.82, 2.24) is 0 Å². The van der Waals surface area contributed by atoms with Gasteiger partial charge in [0.1, 0.15) is 0 Å². The molecule has 0 spiro atoms. The summed E-state index contributed by atoms with van der Waals surface area (Å²) in [7, 11) is 0. The molecule has 0 saturated heterocycles. The average molecular weight is 359 g/mol. The van der Waals surface area contributed by atoms with Gasteiger partial charge in [-0.2, -0.15) is 0 Å². The Bertz CT molecular complexity index is 747. The highest BCUT2D eigenvalue weighted by molar-refractivity contribution is 6.30. The van der Waals surface area contributed by atoms with Gasteiger partial charge >= 0.3 is 0 Å². The van der Waals surface area contributed by atoms with Crippen LogP contribution in [0.5, 0.6) is 0 Å². The Balaban J connectivity index is 0.00000109. The second-order valence-corrected chi connectivity index (χ2v) is 6.75. The van der Waals surface area contributed by atoms with Crippen molar-refractivity contribution in [3.05, 3.63) is 58.1 Å². The van der Waals surface area contributed by atoms with Crippen LogP contribution in [0.25, 0.3) is 0 Å². The Morgan fingerprint density at radius 3 is 2.28 bits per heavy atom. The van der Waals surface area contributed by atoms with Gasteiger partial charge in [0.15, 0.2) is 0 Å². The largest absolute Gasteiger partial charge is 0.388 e. The molecule has 1 aliphatic heterocycles. The summed E-state index contributed by atoms with van der Waals surface area (Å²) in [5.74, 6) is 0.176. The van der Waals surface area contributed by atoms with Crippen LogP contribution >= 0.6 is 11.6 Å². The third-order valence-electron chi connectivity index (χ3n) is 4.42. The van der Waals surface area contributed by atoms with E-state index >= 15 is 0 Å². The number of benzene rings is 2. The molecule has 7 heteroatoms. The lowest BCUT2D eigenvalue weighted by atomic mass is 9.79. The van der Waals surface area contributed by atoms with Gasteiger partial charge in [0, 0.05) is 40.5 Å². The minimum atomic E-state index is -0.617. The number of nitrogens with one attached hydrogen (secondary N) is 3. The van der Waals surface area contributed by atoms with Crippen LogP contribution in [0, 0.1) is 23.4 Å². The second kappa shape index (κ2) is 7.21. The van der Waals surface area contributed by atoms with Gasteiger partial charge in [-0.25, -0.2) is 11.1 Å². The van der Waals surface area contributed by atoms with Crippen LogP contribution in [-0.4, -0.2) is 12.4 Å². The fraction of sp³-hybridized carbons (Fsp3) is 0.278. The zero-order chi connectivity index (χ0) is 18.8. The first-order chi connectivity index (χ1) is 11.8. The smallest absolute Gasteiger partial charge is 0.0923 e. The van der Waals surface area contributed by atoms with Crippen LogP contribution in [0.4, 0.5) is 11.4 Å². The number of nitrogens with two attached hydrogens (primary N) is 2. The molecule has 132 valence electrons. The molecule has 0 aromatic heterocycles. The quantitative estimate of drug-likeness (QED) is 0.319. The van der Waals surface area contributed by atoms with Crippen molar-refractivity contribution in [2.75, 3.05) is 11.4 Å². The zero-order valence-electron chi connectivity index (χ0n) is 14.4. The number of hydrogen-bond donors (Lipinski definition) is 5. The summed E-state index contributed by atoms with van der Waals surface area (Å²) < 4.78 is 0. The lowest BCUT2D eigenvalue weighted by Crippen LogP contribution is -2.42. The molecule has 1 atom stereocenters. The molecular weight excluding hydrogens is 336 g/mol. The summed E-state index contributed by atoms with van der Waals surface area (Å²) in [4.78, 5) is 2.18. The van der Waals surface area contributed by atoms with Crippen molar-refractivity contribution in [3.8, 4) is 0 Å². The molecule has 25 heavy (non-hydrogen) atoms. The molecule has 3 rings (SSSR count). The van der Waals surface area contributed by atoms with Crippen LogP contribution in [0.2, 0.25) is 5.02 Å². The first-order valence-corrected chi connectivity index (χ1v) is 8.24. The maximum atomic E-state index is 7.53. The Morgan fingerprint density at radius 1 is 1.12 bits per heavy atom. The molecular formula is C18H23ClN6. The Labute approximate surface area is 152 Å². The van der Waals surface area contributed by atoms with E-state index < -0.39 is 5.54 Å². The van der Waals surface area contributed by atoms with Gasteiger partial charge in [-0.1, -0.05) is 29.3 Å². The van der Waals surface area contributed by atoms with Crippen molar-refractivity contribution >= 4 is 28.8 Å². The minimum absolute atomic E-state index is 0.176. The molecule has 0 amide bonds. The van der Waals surface area contributed by atoms with Gasteiger partial charge in [0.2, 0.25) is 0 Å². The van der Waals surface area contributed by atoms with E-state index in [1.54, 1.807) is 0 Å². The topological polar surface area (TPSA) is 127 Å². The number of anilines is 2. The molecule has 1 aliphatic rings. The van der Waals surface area contributed by atoms with E-state index in [-0.39, 0.29) is 5.84 Å². The highest BCUT2D eigenvalue weighted by atomic mass is 35.5. The van der Waals surface area contributed by atoms with E-state index in [1.165, 1.54) is 0 Å². The fourth-order valence-corrected chi connectivity index (χ4v) is 3.38. The maximum absolute atomic E-state index is 7.53. The summed E-state index contributed by atoms with van der Waals surface area (Å²) in [5, 5.41) is 8.20. The van der Waals surface area contributed by atoms with Crippen molar-refractivity contribution in [2.24, 2.45) is 11.5 Å². The monoisotopic (exact) mass is 358 g/mol. The predicted octanol–water partition coefficient (Wildman–Crippen LogP) is 4.24. The second-order valence-electron chi connectivity index (χ2n) is 6.31. The number of amidine groups is 1. The molecule has 2 aromatic rings. The van der Waals surface area contributed by atoms with Crippen LogP contribution in [-0.2, 0) is 5.54 Å². The SMILES string of the molecule is Cc1ccc2c(c1)C(C)(N)c1cc(Cl)ccc1N2CCC(=N)N.N=N. The van der Waals surface area contributed by atoms with E-state index in [1.807, 2.05) is 25.1 Å². The maximum Gasteiger partial charge on any atom is 0.0923 e. The Kier molecular flexibility index (Phi) is 5.45. The van der Waals surface area contributed by atoms with E-state index in [4.69, 9.17) is 39.5 Å². The third kappa shape index (κ3) is 3.50. The molecule has 0 fully saturated rings. The van der Waals surface area contributed by atoms with Crippen LogP contribution in [0.3, 0.4) is 0 Å². The summed E-state index contributed by atoms with van der Waals surface area (Å²) in [6.07, 6.45) is 0.497. The van der Waals surface area contributed by atoms with E-state index in [2.05, 4.69) is 30.0 Å². The van der Waals surface area contributed by atoms with Crippen LogP contribution in [0.1, 0.15) is 30.0 Å². The molecule has 0 saturated carbocycles. The standard InChI is InChI=1S/C18H21ClN4.H2N2/c1-11-3-5-15-13(9-11)18(2,22)14-10-12(19)4-6-16(14)23(15)8-7-17(20)21;1-2/h3-6,9-10H,7-8,22H2,1-2H3,(H3,20,21);1-2H. The normalized spacial score (nSPS) is 17.8. The zero-order valence-corrected chi connectivity index (χ0v) is 15.1. The molecule has 7 N–H and O–H groups in total. The van der Waals surface area contributed by atoms with E-state index in [0.29, 0.717) is 18.0 Å². The predicted molar refractivity (Wildman–Crippen MR) is 102 cm³/mol. The Hall–Kier alpha value is -2.44. The first-order valence-electron chi connectivity index (χ1n) is 7.86. The summed E-state index contributed by atoms with van der Waals surface area (Å²) in [5.41, 5.74) is 27.0. The number of fused-ring (bicyclic) bond motifs is 2. The number of aryl methyl sites for hydroxylation is 1. The van der Waals surface area contributed by atoms with Gasteiger partial charge in [-0.15, -0.1) is 0 Å². The van der Waals surface area contributed by atoms with Crippen molar-refractivity contribution in [1.29, 1.82) is 16.5 Å². The number of rotatable bonds is 3. The number of nitrogens with zero attached hydrogens (tertiary/aromatic N) is 1. The van der Waals surface area contributed by atoms with Gasteiger partial charge in [0.05, 0.1) is 11.4 Å². The lowest BCUT2D eigenvalue weighted by Gasteiger charge is -2.42. The third-order valence-corrected chi connectivity index (χ3v) is 4.65. The number of hydrogen-bond acceptors (Lipinski definition) is 5. The highest BCUT2D eigenvalue weighted by Gasteiger charge is 2.36. The summed E-state index contributed by atoms with van der Waals surface area (Å²) in [6, 6.07) is 12.1. The highest BCUT2D eigenvalue weighted by Crippen LogP contribution is 2.47. The van der Waals surface area contributed by atoms with Crippen LogP contribution < -0.4 is 16.4 Å². The summed E-state index contributed by atoms with van der Waals surface area (Å²) in [6.45, 7) is 4.71. The Morgan fingerprint density at radius 2 is 1.68 bits per heavy atom. The molecule has 0 aliphatic carbocycles. The first kappa shape index (κ1) is 18.9.